The van der Waals surface area contributed by atoms with Crippen molar-refractivity contribution < 1.29 is 19.4 Å². The number of aromatic carboxylic acids is 1. The second kappa shape index (κ2) is 5.67. The Bertz CT molecular complexity index is 620. The van der Waals surface area contributed by atoms with E-state index in [1.807, 2.05) is 0 Å². The Balaban J connectivity index is 2.21. The lowest BCUT2D eigenvalue weighted by Gasteiger charge is -2.07. The summed E-state index contributed by atoms with van der Waals surface area (Å²) in [7, 11) is 0. The molecule has 2 aromatic carbocycles. The molecule has 0 aliphatic heterocycles. The molecule has 0 aliphatic carbocycles. The summed E-state index contributed by atoms with van der Waals surface area (Å²) in [6.45, 7) is 0. The molecule has 0 aliphatic rings. The molecule has 5 heteroatoms. The first-order valence-electron chi connectivity index (χ1n) is 5.36. The molecule has 2 aromatic rings. The predicted octanol–water partition coefficient (Wildman–Crippen LogP) is 3.75. The molecule has 96 valence electrons. The molecule has 0 saturated carbocycles. The number of rotatable bonds is 4. The number of hydrogen-bond acceptors (Lipinski definition) is 3. The maximum Gasteiger partial charge on any atom is 0.335 e. The number of carboxylic acid groups (broad SMARTS) is 1. The van der Waals surface area contributed by atoms with Crippen LogP contribution in [0.2, 0.25) is 0 Å². The van der Waals surface area contributed by atoms with Crippen molar-refractivity contribution in [2.24, 2.45) is 0 Å². The molecule has 19 heavy (non-hydrogen) atoms. The monoisotopic (exact) mass is 320 g/mol. The molecule has 0 heterocycles. The highest BCUT2D eigenvalue weighted by atomic mass is 79.9. The molecule has 0 radical (unpaired) electrons. The maximum absolute atomic E-state index is 10.8. The molecule has 4 nitrogen and oxygen atoms in total. The van der Waals surface area contributed by atoms with Crippen molar-refractivity contribution in [3.63, 3.8) is 0 Å². The molecule has 1 N–H and O–H groups in total. The average molecular weight is 321 g/mol. The van der Waals surface area contributed by atoms with Crippen LogP contribution in [0.1, 0.15) is 20.7 Å². The Morgan fingerprint density at radius 1 is 1.11 bits per heavy atom. The predicted molar refractivity (Wildman–Crippen MR) is 73.0 cm³/mol. The van der Waals surface area contributed by atoms with Crippen LogP contribution in [0.15, 0.2) is 46.9 Å². The second-order valence-corrected chi connectivity index (χ2v) is 4.59. The van der Waals surface area contributed by atoms with Gasteiger partial charge in [-0.05, 0) is 42.5 Å². The van der Waals surface area contributed by atoms with Gasteiger partial charge in [0.1, 0.15) is 11.5 Å². The molecule has 0 bridgehead atoms. The van der Waals surface area contributed by atoms with Crippen LogP contribution in [0.4, 0.5) is 0 Å². The van der Waals surface area contributed by atoms with Crippen molar-refractivity contribution in [3.8, 4) is 11.5 Å². The van der Waals surface area contributed by atoms with Gasteiger partial charge < -0.3 is 9.84 Å². The van der Waals surface area contributed by atoms with Crippen LogP contribution >= 0.6 is 15.9 Å². The highest BCUT2D eigenvalue weighted by molar-refractivity contribution is 9.10. The van der Waals surface area contributed by atoms with E-state index in [2.05, 4.69) is 15.9 Å². The number of benzene rings is 2. The number of aldehydes is 1. The van der Waals surface area contributed by atoms with Gasteiger partial charge in [0.2, 0.25) is 0 Å². The van der Waals surface area contributed by atoms with Crippen LogP contribution < -0.4 is 4.74 Å². The molecular formula is C14H9BrO4. The van der Waals surface area contributed by atoms with Gasteiger partial charge in [0.05, 0.1) is 5.56 Å². The fourth-order valence-corrected chi connectivity index (χ4v) is 1.82. The lowest BCUT2D eigenvalue weighted by molar-refractivity contribution is 0.0696. The minimum Gasteiger partial charge on any atom is -0.478 e. The molecule has 0 spiro atoms. The van der Waals surface area contributed by atoms with Gasteiger partial charge in [-0.25, -0.2) is 4.79 Å². The van der Waals surface area contributed by atoms with Crippen molar-refractivity contribution in [2.75, 3.05) is 0 Å². The summed E-state index contributed by atoms with van der Waals surface area (Å²) in [6.07, 6.45) is 0.727. The third-order valence-corrected chi connectivity index (χ3v) is 3.15. The third kappa shape index (κ3) is 3.20. The summed E-state index contributed by atoms with van der Waals surface area (Å²) in [4.78, 5) is 21.5. The topological polar surface area (TPSA) is 63.6 Å². The summed E-state index contributed by atoms with van der Waals surface area (Å²) in [5, 5.41) is 8.78. The lowest BCUT2D eigenvalue weighted by atomic mass is 10.2. The summed E-state index contributed by atoms with van der Waals surface area (Å²) in [6, 6.07) is 11.1. The quantitative estimate of drug-likeness (QED) is 0.871. The van der Waals surface area contributed by atoms with E-state index in [0.29, 0.717) is 21.5 Å². The molecule has 0 atom stereocenters. The van der Waals surface area contributed by atoms with E-state index < -0.39 is 5.97 Å². The molecule has 0 fully saturated rings. The van der Waals surface area contributed by atoms with Crippen LogP contribution in [0.3, 0.4) is 0 Å². The molecule has 0 unspecified atom stereocenters. The number of halogens is 1. The minimum atomic E-state index is -0.988. The fourth-order valence-electron chi connectivity index (χ4n) is 1.48. The van der Waals surface area contributed by atoms with Crippen LogP contribution in [0.5, 0.6) is 11.5 Å². The summed E-state index contributed by atoms with van der Waals surface area (Å²) in [5.74, 6) is 0.0241. The van der Waals surface area contributed by atoms with Crippen molar-refractivity contribution in [2.45, 2.75) is 0 Å². The molecular weight excluding hydrogens is 312 g/mol. The van der Waals surface area contributed by atoms with Gasteiger partial charge in [-0.3, -0.25) is 4.79 Å². The van der Waals surface area contributed by atoms with Crippen LogP contribution in [-0.2, 0) is 0 Å². The number of carboxylic acids is 1. The number of hydrogen-bond donors (Lipinski definition) is 1. The van der Waals surface area contributed by atoms with Crippen LogP contribution in [0, 0.1) is 0 Å². The van der Waals surface area contributed by atoms with E-state index in [0.717, 1.165) is 6.29 Å². The van der Waals surface area contributed by atoms with E-state index in [1.54, 1.807) is 30.3 Å². The molecule has 0 saturated heterocycles. The Hall–Kier alpha value is -2.14. The molecule has 0 amide bonds. The second-order valence-electron chi connectivity index (χ2n) is 3.73. The van der Waals surface area contributed by atoms with Gasteiger partial charge in [-0.15, -0.1) is 0 Å². The standard InChI is InChI=1S/C14H9BrO4/c15-13-6-5-12(7-10(13)8-16)19-11-3-1-9(2-4-11)14(17)18/h1-8H,(H,17,18). The van der Waals surface area contributed by atoms with E-state index in [1.165, 1.54) is 12.1 Å². The normalized spacial score (nSPS) is 9.95. The highest BCUT2D eigenvalue weighted by Crippen LogP contribution is 2.26. The van der Waals surface area contributed by atoms with Crippen LogP contribution in [-0.4, -0.2) is 17.4 Å². The van der Waals surface area contributed by atoms with Gasteiger partial charge >= 0.3 is 5.97 Å². The average Bonchev–Trinajstić information content (AvgIpc) is 2.41. The van der Waals surface area contributed by atoms with Gasteiger partial charge in [0, 0.05) is 10.0 Å². The minimum absolute atomic E-state index is 0.191. The van der Waals surface area contributed by atoms with Crippen molar-refractivity contribution >= 4 is 28.2 Å². The van der Waals surface area contributed by atoms with Gasteiger partial charge in [-0.2, -0.15) is 0 Å². The number of carbonyl (C=O) groups is 2. The van der Waals surface area contributed by atoms with Crippen molar-refractivity contribution in [1.82, 2.24) is 0 Å². The SMILES string of the molecule is O=Cc1cc(Oc2ccc(C(=O)O)cc2)ccc1Br. The first-order valence-corrected chi connectivity index (χ1v) is 6.15. The summed E-state index contributed by atoms with van der Waals surface area (Å²) >= 11 is 3.25. The van der Waals surface area contributed by atoms with Crippen molar-refractivity contribution in [3.05, 3.63) is 58.1 Å². The smallest absolute Gasteiger partial charge is 0.335 e. The zero-order chi connectivity index (χ0) is 13.8. The summed E-state index contributed by atoms with van der Waals surface area (Å²) < 4.78 is 6.23. The lowest BCUT2D eigenvalue weighted by Crippen LogP contribution is -1.95. The summed E-state index contributed by atoms with van der Waals surface area (Å²) in [5.41, 5.74) is 0.677. The van der Waals surface area contributed by atoms with E-state index >= 15 is 0 Å². The van der Waals surface area contributed by atoms with E-state index in [9.17, 15) is 9.59 Å². The molecule has 0 aromatic heterocycles. The zero-order valence-corrected chi connectivity index (χ0v) is 11.3. The Kier molecular flexibility index (Phi) is 3.97. The third-order valence-electron chi connectivity index (χ3n) is 2.43. The van der Waals surface area contributed by atoms with Gasteiger partial charge in [-0.1, -0.05) is 15.9 Å². The van der Waals surface area contributed by atoms with E-state index in [-0.39, 0.29) is 5.56 Å². The maximum atomic E-state index is 10.8. The van der Waals surface area contributed by atoms with Gasteiger partial charge in [0.15, 0.2) is 6.29 Å². The number of ether oxygens (including phenoxy) is 1. The van der Waals surface area contributed by atoms with Gasteiger partial charge in [0.25, 0.3) is 0 Å². The number of carbonyl (C=O) groups excluding carboxylic acids is 1. The Morgan fingerprint density at radius 3 is 2.32 bits per heavy atom. The zero-order valence-electron chi connectivity index (χ0n) is 9.67. The van der Waals surface area contributed by atoms with Crippen molar-refractivity contribution in [1.29, 1.82) is 0 Å². The first-order chi connectivity index (χ1) is 9.10. The molecule has 2 rings (SSSR count). The Labute approximate surface area is 117 Å². The largest absolute Gasteiger partial charge is 0.478 e. The fraction of sp³-hybridized carbons (Fsp3) is 0. The van der Waals surface area contributed by atoms with Crippen LogP contribution in [0.25, 0.3) is 0 Å². The Morgan fingerprint density at radius 2 is 1.74 bits per heavy atom. The van der Waals surface area contributed by atoms with E-state index in [4.69, 9.17) is 9.84 Å². The first kappa shape index (κ1) is 13.3. The highest BCUT2D eigenvalue weighted by Gasteiger charge is 2.05.